The van der Waals surface area contributed by atoms with Crippen molar-refractivity contribution in [3.63, 3.8) is 0 Å². The van der Waals surface area contributed by atoms with Crippen LogP contribution in [-0.2, 0) is 9.53 Å². The minimum atomic E-state index is -0.657. The number of fused-ring (bicyclic) bond motifs is 1. The van der Waals surface area contributed by atoms with Gasteiger partial charge < -0.3 is 15.0 Å². The molecule has 0 aliphatic carbocycles. The van der Waals surface area contributed by atoms with E-state index in [0.717, 1.165) is 27.3 Å². The van der Waals surface area contributed by atoms with Crippen LogP contribution < -0.4 is 5.32 Å². The Hall–Kier alpha value is -2.96. The van der Waals surface area contributed by atoms with Crippen LogP contribution in [0.1, 0.15) is 11.7 Å². The van der Waals surface area contributed by atoms with Gasteiger partial charge in [-0.15, -0.1) is 11.3 Å². The number of anilines is 1. The molecule has 0 aliphatic rings. The molecular formula is C20H17N3O2S. The maximum atomic E-state index is 12.6. The molecule has 1 atom stereocenters. The first-order valence-electron chi connectivity index (χ1n) is 8.17. The Morgan fingerprint density at radius 1 is 1.15 bits per heavy atom. The van der Waals surface area contributed by atoms with Crippen LogP contribution in [0.15, 0.2) is 66.0 Å². The predicted octanol–water partition coefficient (Wildman–Crippen LogP) is 4.62. The Balaban J connectivity index is 1.57. The summed E-state index contributed by atoms with van der Waals surface area (Å²) in [5, 5.41) is 4.93. The van der Waals surface area contributed by atoms with E-state index in [1.165, 1.54) is 7.11 Å². The zero-order valence-corrected chi connectivity index (χ0v) is 14.9. The number of carbonyl (C=O) groups excluding carboxylic acids is 1. The third-order valence-corrected chi connectivity index (χ3v) is 4.96. The van der Waals surface area contributed by atoms with Crippen molar-refractivity contribution in [2.75, 3.05) is 12.4 Å². The first-order chi connectivity index (χ1) is 12.7. The van der Waals surface area contributed by atoms with Gasteiger partial charge in [0.2, 0.25) is 0 Å². The topological polar surface area (TPSA) is 67.0 Å². The molecule has 1 amide bonds. The van der Waals surface area contributed by atoms with Gasteiger partial charge in [0.05, 0.1) is 15.9 Å². The molecular weight excluding hydrogens is 346 g/mol. The molecule has 4 aromatic rings. The number of H-pyrrole nitrogens is 1. The van der Waals surface area contributed by atoms with Crippen LogP contribution in [0.25, 0.3) is 21.7 Å². The van der Waals surface area contributed by atoms with E-state index in [4.69, 9.17) is 4.74 Å². The molecule has 0 radical (unpaired) electrons. The van der Waals surface area contributed by atoms with Crippen molar-refractivity contribution in [2.45, 2.75) is 6.10 Å². The zero-order chi connectivity index (χ0) is 17.9. The van der Waals surface area contributed by atoms with E-state index < -0.39 is 6.10 Å². The molecule has 0 bridgehead atoms. The lowest BCUT2D eigenvalue weighted by Gasteiger charge is -2.15. The highest BCUT2D eigenvalue weighted by atomic mass is 32.1. The fourth-order valence-corrected chi connectivity index (χ4v) is 3.52. The van der Waals surface area contributed by atoms with Gasteiger partial charge in [-0.2, -0.15) is 0 Å². The van der Waals surface area contributed by atoms with E-state index in [-0.39, 0.29) is 5.91 Å². The SMILES string of the molecule is COC(C(=O)Nc1ccc2nc(-c3cccs3)[nH]c2c1)c1ccccc1. The minimum Gasteiger partial charge on any atom is -0.367 e. The van der Waals surface area contributed by atoms with Crippen LogP contribution >= 0.6 is 11.3 Å². The van der Waals surface area contributed by atoms with Crippen molar-refractivity contribution in [1.82, 2.24) is 9.97 Å². The summed E-state index contributed by atoms with van der Waals surface area (Å²) in [6.07, 6.45) is -0.657. The number of nitrogens with zero attached hydrogens (tertiary/aromatic N) is 1. The van der Waals surface area contributed by atoms with E-state index >= 15 is 0 Å². The standard InChI is InChI=1S/C20H17N3O2S/c1-25-18(13-6-3-2-4-7-13)20(24)21-14-9-10-15-16(12-14)23-19(22-15)17-8-5-11-26-17/h2-12,18H,1H3,(H,21,24)(H,22,23). The number of imidazole rings is 1. The number of thiophene rings is 1. The molecule has 2 aromatic heterocycles. The smallest absolute Gasteiger partial charge is 0.258 e. The van der Waals surface area contributed by atoms with Crippen molar-refractivity contribution < 1.29 is 9.53 Å². The van der Waals surface area contributed by atoms with Gasteiger partial charge in [0.25, 0.3) is 5.91 Å². The van der Waals surface area contributed by atoms with Crippen LogP contribution in [0.5, 0.6) is 0 Å². The second-order valence-electron chi connectivity index (χ2n) is 5.81. The van der Waals surface area contributed by atoms with E-state index in [1.54, 1.807) is 11.3 Å². The Morgan fingerprint density at radius 2 is 2.00 bits per heavy atom. The summed E-state index contributed by atoms with van der Waals surface area (Å²) in [6.45, 7) is 0. The Kier molecular flexibility index (Phi) is 4.51. The van der Waals surface area contributed by atoms with Crippen molar-refractivity contribution in [3.05, 3.63) is 71.6 Å². The highest BCUT2D eigenvalue weighted by Crippen LogP contribution is 2.26. The number of aromatic nitrogens is 2. The molecule has 0 aliphatic heterocycles. The van der Waals surface area contributed by atoms with Crippen molar-refractivity contribution >= 4 is 34.0 Å². The third kappa shape index (κ3) is 3.24. The van der Waals surface area contributed by atoms with E-state index in [1.807, 2.05) is 66.0 Å². The largest absolute Gasteiger partial charge is 0.367 e. The molecule has 2 heterocycles. The van der Waals surface area contributed by atoms with Crippen LogP contribution in [0, 0.1) is 0 Å². The third-order valence-electron chi connectivity index (χ3n) is 4.08. The quantitative estimate of drug-likeness (QED) is 0.544. The number of benzene rings is 2. The fourth-order valence-electron chi connectivity index (χ4n) is 2.85. The molecule has 5 nitrogen and oxygen atoms in total. The molecule has 130 valence electrons. The van der Waals surface area contributed by atoms with Crippen LogP contribution in [-0.4, -0.2) is 23.0 Å². The van der Waals surface area contributed by atoms with Gasteiger partial charge >= 0.3 is 0 Å². The Bertz CT molecular complexity index is 1030. The summed E-state index contributed by atoms with van der Waals surface area (Å²) >= 11 is 1.63. The number of carbonyl (C=O) groups is 1. The van der Waals surface area contributed by atoms with Crippen molar-refractivity contribution in [2.24, 2.45) is 0 Å². The van der Waals surface area contributed by atoms with E-state index in [9.17, 15) is 4.79 Å². The second kappa shape index (κ2) is 7.11. The molecule has 4 rings (SSSR count). The number of nitrogens with one attached hydrogen (secondary N) is 2. The van der Waals surface area contributed by atoms with Gasteiger partial charge in [-0.25, -0.2) is 4.98 Å². The van der Waals surface area contributed by atoms with Gasteiger partial charge in [0.15, 0.2) is 6.10 Å². The average Bonchev–Trinajstić information content (AvgIpc) is 3.32. The number of hydrogen-bond acceptors (Lipinski definition) is 4. The summed E-state index contributed by atoms with van der Waals surface area (Å²) in [5.74, 6) is 0.619. The Morgan fingerprint density at radius 3 is 2.73 bits per heavy atom. The lowest BCUT2D eigenvalue weighted by molar-refractivity contribution is -0.126. The highest BCUT2D eigenvalue weighted by molar-refractivity contribution is 7.13. The van der Waals surface area contributed by atoms with Gasteiger partial charge in [0, 0.05) is 12.8 Å². The summed E-state index contributed by atoms with van der Waals surface area (Å²) in [7, 11) is 1.53. The summed E-state index contributed by atoms with van der Waals surface area (Å²) in [6, 6.07) is 19.1. The molecule has 2 N–H and O–H groups in total. The molecule has 6 heteroatoms. The second-order valence-corrected chi connectivity index (χ2v) is 6.76. The molecule has 0 spiro atoms. The predicted molar refractivity (Wildman–Crippen MR) is 104 cm³/mol. The van der Waals surface area contributed by atoms with Crippen LogP contribution in [0.3, 0.4) is 0 Å². The fraction of sp³-hybridized carbons (Fsp3) is 0.100. The molecule has 1 unspecified atom stereocenters. The van der Waals surface area contributed by atoms with E-state index in [0.29, 0.717) is 5.69 Å². The lowest BCUT2D eigenvalue weighted by atomic mass is 10.1. The first kappa shape index (κ1) is 16.5. The number of rotatable bonds is 5. The summed E-state index contributed by atoms with van der Waals surface area (Å²) < 4.78 is 5.38. The zero-order valence-electron chi connectivity index (χ0n) is 14.1. The Labute approximate surface area is 154 Å². The molecule has 2 aromatic carbocycles. The number of aromatic amines is 1. The maximum absolute atomic E-state index is 12.6. The van der Waals surface area contributed by atoms with Crippen molar-refractivity contribution in [3.8, 4) is 10.7 Å². The molecule has 0 saturated heterocycles. The van der Waals surface area contributed by atoms with Gasteiger partial charge in [-0.1, -0.05) is 36.4 Å². The monoisotopic (exact) mass is 363 g/mol. The van der Waals surface area contributed by atoms with Crippen LogP contribution in [0.4, 0.5) is 5.69 Å². The normalized spacial score (nSPS) is 12.2. The summed E-state index contributed by atoms with van der Waals surface area (Å²) in [5.41, 5.74) is 3.24. The highest BCUT2D eigenvalue weighted by Gasteiger charge is 2.20. The number of ether oxygens (including phenoxy) is 1. The van der Waals surface area contributed by atoms with Crippen LogP contribution in [0.2, 0.25) is 0 Å². The number of methoxy groups -OCH3 is 1. The first-order valence-corrected chi connectivity index (χ1v) is 9.05. The van der Waals surface area contributed by atoms with Gasteiger partial charge in [-0.05, 0) is 35.2 Å². The molecule has 0 saturated carbocycles. The van der Waals surface area contributed by atoms with Crippen molar-refractivity contribution in [1.29, 1.82) is 0 Å². The van der Waals surface area contributed by atoms with E-state index in [2.05, 4.69) is 15.3 Å². The maximum Gasteiger partial charge on any atom is 0.258 e. The lowest BCUT2D eigenvalue weighted by Crippen LogP contribution is -2.22. The molecule has 0 fully saturated rings. The summed E-state index contributed by atoms with van der Waals surface area (Å²) in [4.78, 5) is 21.6. The number of hydrogen-bond donors (Lipinski definition) is 2. The van der Waals surface area contributed by atoms with Gasteiger partial charge in [0.1, 0.15) is 5.82 Å². The number of amides is 1. The minimum absolute atomic E-state index is 0.212. The van der Waals surface area contributed by atoms with Gasteiger partial charge in [-0.3, -0.25) is 4.79 Å². The molecule has 26 heavy (non-hydrogen) atoms. The average molecular weight is 363 g/mol.